The van der Waals surface area contributed by atoms with Crippen molar-refractivity contribution in [2.75, 3.05) is 27.2 Å². The van der Waals surface area contributed by atoms with Gasteiger partial charge in [0.05, 0.1) is 19.4 Å². The number of hydrogen-bond acceptors (Lipinski definition) is 4. The smallest absolute Gasteiger partial charge is 0.193 e. The van der Waals surface area contributed by atoms with E-state index >= 15 is 0 Å². The van der Waals surface area contributed by atoms with Gasteiger partial charge < -0.3 is 19.7 Å². The van der Waals surface area contributed by atoms with Crippen LogP contribution in [0.5, 0.6) is 11.5 Å². The van der Waals surface area contributed by atoms with Crippen molar-refractivity contribution in [2.24, 2.45) is 18.0 Å². The molecular formula is C24H36IN5O2. The summed E-state index contributed by atoms with van der Waals surface area (Å²) in [7, 11) is 5.53. The SMILES string of the molecule is CN=C(NCc1ccc(OC)cc1OC1CCCC1)N1CCC(Cc2cnn(C)c2)C1.I. The molecule has 2 aromatic rings. The van der Waals surface area contributed by atoms with Crippen LogP contribution in [0.3, 0.4) is 0 Å². The van der Waals surface area contributed by atoms with Crippen LogP contribution < -0.4 is 14.8 Å². The summed E-state index contributed by atoms with van der Waals surface area (Å²) in [6.45, 7) is 2.73. The molecule has 2 fully saturated rings. The fourth-order valence-corrected chi connectivity index (χ4v) is 4.71. The Morgan fingerprint density at radius 3 is 2.75 bits per heavy atom. The number of guanidine groups is 1. The Bertz CT molecular complexity index is 894. The van der Waals surface area contributed by atoms with E-state index in [1.807, 2.05) is 37.1 Å². The molecule has 8 heteroatoms. The lowest BCUT2D eigenvalue weighted by atomic mass is 10.0. The van der Waals surface area contributed by atoms with Crippen molar-refractivity contribution in [1.29, 1.82) is 0 Å². The minimum absolute atomic E-state index is 0. The molecule has 0 amide bonds. The second-order valence-corrected chi connectivity index (χ2v) is 8.73. The second kappa shape index (κ2) is 11.8. The maximum Gasteiger partial charge on any atom is 0.193 e. The van der Waals surface area contributed by atoms with Crippen LogP contribution in [0.4, 0.5) is 0 Å². The summed E-state index contributed by atoms with van der Waals surface area (Å²) in [5.74, 6) is 3.34. The Morgan fingerprint density at radius 2 is 2.06 bits per heavy atom. The first-order valence-electron chi connectivity index (χ1n) is 11.4. The first-order chi connectivity index (χ1) is 15.1. The molecule has 176 valence electrons. The number of halogens is 1. The number of benzene rings is 1. The fourth-order valence-electron chi connectivity index (χ4n) is 4.71. The van der Waals surface area contributed by atoms with Gasteiger partial charge in [-0.25, -0.2) is 0 Å². The van der Waals surface area contributed by atoms with Crippen molar-refractivity contribution >= 4 is 29.9 Å². The average molecular weight is 553 g/mol. The lowest BCUT2D eigenvalue weighted by molar-refractivity contribution is 0.207. The first kappa shape index (κ1) is 24.7. The van der Waals surface area contributed by atoms with Gasteiger partial charge in [0.15, 0.2) is 5.96 Å². The van der Waals surface area contributed by atoms with E-state index in [0.29, 0.717) is 18.6 Å². The molecule has 4 rings (SSSR count). The molecule has 0 bridgehead atoms. The van der Waals surface area contributed by atoms with Gasteiger partial charge in [0.1, 0.15) is 11.5 Å². The number of methoxy groups -OCH3 is 1. The highest BCUT2D eigenvalue weighted by Gasteiger charge is 2.25. The fraction of sp³-hybridized carbons (Fsp3) is 0.583. The van der Waals surface area contributed by atoms with Gasteiger partial charge in [-0.2, -0.15) is 5.10 Å². The molecular weight excluding hydrogens is 517 g/mol. The Kier molecular flexibility index (Phi) is 9.07. The van der Waals surface area contributed by atoms with Crippen LogP contribution in [0.1, 0.15) is 43.2 Å². The van der Waals surface area contributed by atoms with E-state index in [1.54, 1.807) is 7.11 Å². The number of aliphatic imine (C=N–C) groups is 1. The van der Waals surface area contributed by atoms with Crippen molar-refractivity contribution in [3.05, 3.63) is 41.7 Å². The number of ether oxygens (including phenoxy) is 2. The number of nitrogens with zero attached hydrogens (tertiary/aromatic N) is 4. The molecule has 2 heterocycles. The lowest BCUT2D eigenvalue weighted by Gasteiger charge is -2.23. The van der Waals surface area contributed by atoms with Gasteiger partial charge in [-0.05, 0) is 62.1 Å². The Labute approximate surface area is 208 Å². The summed E-state index contributed by atoms with van der Waals surface area (Å²) in [4.78, 5) is 6.91. The van der Waals surface area contributed by atoms with E-state index < -0.39 is 0 Å². The van der Waals surface area contributed by atoms with E-state index in [1.165, 1.54) is 24.8 Å². The highest BCUT2D eigenvalue weighted by atomic mass is 127. The molecule has 1 atom stereocenters. The lowest BCUT2D eigenvalue weighted by Crippen LogP contribution is -2.39. The van der Waals surface area contributed by atoms with Gasteiger partial charge in [0, 0.05) is 51.6 Å². The molecule has 1 aromatic heterocycles. The number of aryl methyl sites for hydroxylation is 1. The maximum atomic E-state index is 6.34. The largest absolute Gasteiger partial charge is 0.497 e. The molecule has 2 aliphatic rings. The topological polar surface area (TPSA) is 63.9 Å². The predicted molar refractivity (Wildman–Crippen MR) is 138 cm³/mol. The van der Waals surface area contributed by atoms with Crippen LogP contribution >= 0.6 is 24.0 Å². The molecule has 1 unspecified atom stereocenters. The Morgan fingerprint density at radius 1 is 1.25 bits per heavy atom. The van der Waals surface area contributed by atoms with E-state index in [-0.39, 0.29) is 24.0 Å². The number of likely N-dealkylation sites (tertiary alicyclic amines) is 1. The van der Waals surface area contributed by atoms with Gasteiger partial charge in [-0.15, -0.1) is 24.0 Å². The average Bonchev–Trinajstić information content (AvgIpc) is 3.53. The van der Waals surface area contributed by atoms with Crippen molar-refractivity contribution in [2.45, 2.75) is 51.2 Å². The summed E-state index contributed by atoms with van der Waals surface area (Å²) < 4.78 is 13.6. The number of rotatable bonds is 7. The molecule has 1 aromatic carbocycles. The number of nitrogens with one attached hydrogen (secondary N) is 1. The van der Waals surface area contributed by atoms with Gasteiger partial charge in [0.2, 0.25) is 0 Å². The van der Waals surface area contributed by atoms with Crippen molar-refractivity contribution in [3.8, 4) is 11.5 Å². The summed E-state index contributed by atoms with van der Waals surface area (Å²) in [6, 6.07) is 6.11. The summed E-state index contributed by atoms with van der Waals surface area (Å²) in [5, 5.41) is 7.85. The number of hydrogen-bond donors (Lipinski definition) is 1. The molecule has 1 saturated carbocycles. The van der Waals surface area contributed by atoms with Gasteiger partial charge in [-0.3, -0.25) is 9.67 Å². The van der Waals surface area contributed by atoms with Gasteiger partial charge in [0.25, 0.3) is 0 Å². The van der Waals surface area contributed by atoms with E-state index in [4.69, 9.17) is 9.47 Å². The molecule has 0 radical (unpaired) electrons. The molecule has 32 heavy (non-hydrogen) atoms. The summed E-state index contributed by atoms with van der Waals surface area (Å²) >= 11 is 0. The van der Waals surface area contributed by atoms with Crippen molar-refractivity contribution in [3.63, 3.8) is 0 Å². The second-order valence-electron chi connectivity index (χ2n) is 8.73. The minimum Gasteiger partial charge on any atom is -0.497 e. The molecule has 1 saturated heterocycles. The molecule has 1 aliphatic carbocycles. The summed E-state index contributed by atoms with van der Waals surface area (Å²) in [6.07, 6.45) is 11.4. The molecule has 1 aliphatic heterocycles. The van der Waals surface area contributed by atoms with Crippen LogP contribution in [0.25, 0.3) is 0 Å². The van der Waals surface area contributed by atoms with E-state index in [2.05, 4.69) is 32.6 Å². The minimum atomic E-state index is 0. The van der Waals surface area contributed by atoms with Crippen LogP contribution in [0.15, 0.2) is 35.6 Å². The molecule has 0 spiro atoms. The highest BCUT2D eigenvalue weighted by molar-refractivity contribution is 14.0. The van der Waals surface area contributed by atoms with Gasteiger partial charge >= 0.3 is 0 Å². The van der Waals surface area contributed by atoms with E-state index in [9.17, 15) is 0 Å². The third kappa shape index (κ3) is 6.30. The Balaban J connectivity index is 0.00000289. The highest BCUT2D eigenvalue weighted by Crippen LogP contribution is 2.30. The quantitative estimate of drug-likeness (QED) is 0.319. The first-order valence-corrected chi connectivity index (χ1v) is 11.4. The van der Waals surface area contributed by atoms with Crippen LogP contribution in [-0.4, -0.2) is 54.0 Å². The zero-order chi connectivity index (χ0) is 21.6. The van der Waals surface area contributed by atoms with Crippen molar-refractivity contribution < 1.29 is 9.47 Å². The summed E-state index contributed by atoms with van der Waals surface area (Å²) in [5.41, 5.74) is 2.45. The Hall–Kier alpha value is -1.97. The normalized spacial score (nSPS) is 19.2. The third-order valence-corrected chi connectivity index (χ3v) is 6.39. The monoisotopic (exact) mass is 553 g/mol. The van der Waals surface area contributed by atoms with Crippen LogP contribution in [0, 0.1) is 5.92 Å². The van der Waals surface area contributed by atoms with E-state index in [0.717, 1.165) is 55.4 Å². The van der Waals surface area contributed by atoms with Crippen LogP contribution in [-0.2, 0) is 20.0 Å². The standard InChI is InChI=1S/C24H35N5O2.HI/c1-25-24(29-11-10-18(17-29)12-19-14-27-28(2)16-19)26-15-20-8-9-22(30-3)13-23(20)31-21-6-4-5-7-21;/h8-9,13-14,16,18,21H,4-7,10-12,15,17H2,1-3H3,(H,25,26);1H. The zero-order valence-electron chi connectivity index (χ0n) is 19.4. The van der Waals surface area contributed by atoms with Crippen molar-refractivity contribution in [1.82, 2.24) is 20.0 Å². The molecule has 1 N–H and O–H groups in total. The third-order valence-electron chi connectivity index (χ3n) is 6.39. The molecule has 7 nitrogen and oxygen atoms in total. The van der Waals surface area contributed by atoms with Gasteiger partial charge in [-0.1, -0.05) is 0 Å². The predicted octanol–water partition coefficient (Wildman–Crippen LogP) is 4.01. The van der Waals surface area contributed by atoms with Crippen LogP contribution in [0.2, 0.25) is 0 Å². The zero-order valence-corrected chi connectivity index (χ0v) is 21.7. The number of aromatic nitrogens is 2. The maximum absolute atomic E-state index is 6.34.